The molecule has 0 saturated carbocycles. The van der Waals surface area contributed by atoms with Gasteiger partial charge in [-0.3, -0.25) is 14.3 Å². The number of nitrogens with zero attached hydrogens (tertiary/aromatic N) is 1. The number of benzene rings is 3. The van der Waals surface area contributed by atoms with Crippen LogP contribution in [-0.4, -0.2) is 16.2 Å². The fraction of sp³-hybridized carbons (Fsp3) is 0.231. The Hall–Kier alpha value is -3.60. The number of aromatic amines is 1. The molecule has 0 unspecified atom stereocenters. The molecule has 31 heavy (non-hydrogen) atoms. The summed E-state index contributed by atoms with van der Waals surface area (Å²) < 4.78 is 7.61. The van der Waals surface area contributed by atoms with E-state index in [2.05, 4.69) is 56.1 Å². The van der Waals surface area contributed by atoms with E-state index in [0.717, 1.165) is 33.2 Å². The number of nitrogens with one attached hydrogen (secondary N) is 1. The van der Waals surface area contributed by atoms with E-state index in [0.29, 0.717) is 12.3 Å². The van der Waals surface area contributed by atoms with Crippen molar-refractivity contribution in [1.29, 1.82) is 0 Å². The van der Waals surface area contributed by atoms with Gasteiger partial charge in [-0.15, -0.1) is 0 Å². The van der Waals surface area contributed by atoms with Gasteiger partial charge in [-0.2, -0.15) is 0 Å². The topological polar surface area (TPSA) is 64.1 Å². The normalized spacial score (nSPS) is 11.6. The standard InChI is InChI=1S/C26H26N2O3/c1-5-31-24-21(19-11-10-17-8-6-7-9-18(17)14-19)15-20(16-22(24)26(2,3)4)28-13-12-23(29)27-25(28)30/h6-16H,5H2,1-4H3,(H,27,29,30). The zero-order valence-corrected chi connectivity index (χ0v) is 18.2. The minimum absolute atomic E-state index is 0.224. The number of aromatic nitrogens is 2. The van der Waals surface area contributed by atoms with Crippen LogP contribution in [-0.2, 0) is 5.41 Å². The Kier molecular flexibility index (Phi) is 5.27. The van der Waals surface area contributed by atoms with Crippen LogP contribution in [0, 0.1) is 0 Å². The fourth-order valence-electron chi connectivity index (χ4n) is 3.80. The summed E-state index contributed by atoms with van der Waals surface area (Å²) >= 11 is 0. The van der Waals surface area contributed by atoms with Crippen molar-refractivity contribution in [2.75, 3.05) is 6.61 Å². The lowest BCUT2D eigenvalue weighted by Gasteiger charge is -2.26. The monoisotopic (exact) mass is 414 g/mol. The Morgan fingerprint density at radius 1 is 0.935 bits per heavy atom. The molecule has 0 bridgehead atoms. The molecule has 0 amide bonds. The van der Waals surface area contributed by atoms with Crippen LogP contribution in [0.3, 0.4) is 0 Å². The van der Waals surface area contributed by atoms with Crippen LogP contribution in [0.2, 0.25) is 0 Å². The second-order valence-electron chi connectivity index (χ2n) is 8.60. The van der Waals surface area contributed by atoms with E-state index >= 15 is 0 Å². The largest absolute Gasteiger partial charge is 0.493 e. The highest BCUT2D eigenvalue weighted by molar-refractivity contribution is 5.89. The zero-order valence-electron chi connectivity index (χ0n) is 18.2. The number of rotatable bonds is 4. The van der Waals surface area contributed by atoms with Crippen LogP contribution in [0.15, 0.2) is 76.4 Å². The van der Waals surface area contributed by atoms with Crippen LogP contribution in [0.4, 0.5) is 0 Å². The van der Waals surface area contributed by atoms with Gasteiger partial charge in [0.15, 0.2) is 0 Å². The molecule has 1 heterocycles. The first kappa shape index (κ1) is 20.7. The lowest BCUT2D eigenvalue weighted by molar-refractivity contribution is 0.331. The van der Waals surface area contributed by atoms with Crippen LogP contribution in [0.25, 0.3) is 27.6 Å². The number of fused-ring (bicyclic) bond motifs is 1. The zero-order chi connectivity index (χ0) is 22.2. The van der Waals surface area contributed by atoms with Crippen molar-refractivity contribution in [3.8, 4) is 22.6 Å². The Balaban J connectivity index is 2.05. The SMILES string of the molecule is CCOc1c(-c2ccc3ccccc3c2)cc(-n2ccc(=O)[nH]c2=O)cc1C(C)(C)C. The summed E-state index contributed by atoms with van der Waals surface area (Å²) in [6.45, 7) is 8.86. The van der Waals surface area contributed by atoms with E-state index < -0.39 is 11.2 Å². The van der Waals surface area contributed by atoms with Gasteiger partial charge in [-0.1, -0.05) is 57.2 Å². The molecule has 1 N–H and O–H groups in total. The van der Waals surface area contributed by atoms with Gasteiger partial charge in [0.25, 0.3) is 5.56 Å². The van der Waals surface area contributed by atoms with Crippen molar-refractivity contribution in [2.45, 2.75) is 33.1 Å². The van der Waals surface area contributed by atoms with Gasteiger partial charge >= 0.3 is 5.69 Å². The van der Waals surface area contributed by atoms with Gasteiger partial charge in [-0.25, -0.2) is 4.79 Å². The molecule has 0 saturated heterocycles. The summed E-state index contributed by atoms with van der Waals surface area (Å²) in [6, 6.07) is 19.8. The molecule has 0 aliphatic heterocycles. The first-order valence-electron chi connectivity index (χ1n) is 10.4. The fourth-order valence-corrected chi connectivity index (χ4v) is 3.80. The Bertz CT molecular complexity index is 1370. The molecule has 4 aromatic rings. The summed E-state index contributed by atoms with van der Waals surface area (Å²) in [6.07, 6.45) is 1.51. The Morgan fingerprint density at radius 3 is 2.35 bits per heavy atom. The predicted octanol–water partition coefficient (Wildman–Crippen LogP) is 5.04. The summed E-state index contributed by atoms with van der Waals surface area (Å²) in [5.74, 6) is 0.812. The van der Waals surface area contributed by atoms with Crippen LogP contribution in [0.5, 0.6) is 5.75 Å². The molecule has 0 aliphatic rings. The molecule has 0 fully saturated rings. The molecule has 4 rings (SSSR count). The third kappa shape index (κ3) is 4.04. The first-order valence-corrected chi connectivity index (χ1v) is 10.4. The molecule has 3 aromatic carbocycles. The highest BCUT2D eigenvalue weighted by Crippen LogP contribution is 2.41. The van der Waals surface area contributed by atoms with E-state index in [1.807, 2.05) is 31.2 Å². The van der Waals surface area contributed by atoms with Crippen molar-refractivity contribution in [1.82, 2.24) is 9.55 Å². The number of hydrogen-bond donors (Lipinski definition) is 1. The molecule has 5 nitrogen and oxygen atoms in total. The van der Waals surface area contributed by atoms with Gasteiger partial charge in [-0.05, 0) is 46.9 Å². The maximum atomic E-state index is 12.5. The van der Waals surface area contributed by atoms with Crippen LogP contribution < -0.4 is 16.0 Å². The highest BCUT2D eigenvalue weighted by atomic mass is 16.5. The summed E-state index contributed by atoms with van der Waals surface area (Å²) in [7, 11) is 0. The van der Waals surface area contributed by atoms with Crippen LogP contribution in [0.1, 0.15) is 33.3 Å². The maximum absolute atomic E-state index is 12.5. The highest BCUT2D eigenvalue weighted by Gasteiger charge is 2.24. The number of H-pyrrole nitrogens is 1. The van der Waals surface area contributed by atoms with Gasteiger partial charge in [0.05, 0.1) is 12.3 Å². The molecule has 158 valence electrons. The van der Waals surface area contributed by atoms with Gasteiger partial charge in [0.1, 0.15) is 5.75 Å². The second-order valence-corrected chi connectivity index (χ2v) is 8.60. The predicted molar refractivity (Wildman–Crippen MR) is 125 cm³/mol. The first-order chi connectivity index (χ1) is 14.8. The second kappa shape index (κ2) is 7.91. The van der Waals surface area contributed by atoms with Crippen molar-refractivity contribution < 1.29 is 4.74 Å². The molecule has 5 heteroatoms. The van der Waals surface area contributed by atoms with E-state index in [4.69, 9.17) is 4.74 Å². The van der Waals surface area contributed by atoms with Crippen molar-refractivity contribution in [3.05, 3.63) is 93.3 Å². The van der Waals surface area contributed by atoms with Crippen molar-refractivity contribution in [3.63, 3.8) is 0 Å². The molecule has 0 atom stereocenters. The summed E-state index contributed by atoms with van der Waals surface area (Å²) in [4.78, 5) is 26.4. The number of ether oxygens (including phenoxy) is 1. The van der Waals surface area contributed by atoms with Gasteiger partial charge in [0, 0.05) is 23.4 Å². The smallest absolute Gasteiger partial charge is 0.332 e. The van der Waals surface area contributed by atoms with Crippen molar-refractivity contribution in [2.24, 2.45) is 0 Å². The summed E-state index contributed by atoms with van der Waals surface area (Å²) in [5.41, 5.74) is 2.47. The third-order valence-corrected chi connectivity index (χ3v) is 5.33. The van der Waals surface area contributed by atoms with Crippen LogP contribution >= 0.6 is 0 Å². The van der Waals surface area contributed by atoms with E-state index in [1.54, 1.807) is 0 Å². The maximum Gasteiger partial charge on any atom is 0.332 e. The van der Waals surface area contributed by atoms with E-state index in [-0.39, 0.29) is 5.41 Å². The minimum Gasteiger partial charge on any atom is -0.493 e. The Labute approximate surface area is 181 Å². The molecule has 0 spiro atoms. The molecule has 0 aliphatic carbocycles. The molecular formula is C26H26N2O3. The van der Waals surface area contributed by atoms with E-state index in [9.17, 15) is 9.59 Å². The van der Waals surface area contributed by atoms with Crippen molar-refractivity contribution >= 4 is 10.8 Å². The minimum atomic E-state index is -0.471. The number of hydrogen-bond acceptors (Lipinski definition) is 3. The quantitative estimate of drug-likeness (QED) is 0.509. The lowest BCUT2D eigenvalue weighted by Crippen LogP contribution is -2.28. The van der Waals surface area contributed by atoms with Gasteiger partial charge < -0.3 is 4.74 Å². The Morgan fingerprint density at radius 2 is 1.68 bits per heavy atom. The lowest BCUT2D eigenvalue weighted by atomic mass is 9.83. The molecule has 1 aromatic heterocycles. The molecular weight excluding hydrogens is 388 g/mol. The molecule has 0 radical (unpaired) electrons. The van der Waals surface area contributed by atoms with Gasteiger partial charge in [0.2, 0.25) is 0 Å². The third-order valence-electron chi connectivity index (χ3n) is 5.33. The summed E-state index contributed by atoms with van der Waals surface area (Å²) in [5, 5.41) is 2.29. The van der Waals surface area contributed by atoms with E-state index in [1.165, 1.54) is 16.8 Å². The average molecular weight is 415 g/mol. The average Bonchev–Trinajstić information content (AvgIpc) is 2.73.